The van der Waals surface area contributed by atoms with Crippen LogP contribution < -0.4 is 19.9 Å². The van der Waals surface area contributed by atoms with Gasteiger partial charge in [0.1, 0.15) is 23.9 Å². The Hall–Kier alpha value is -1.49. The van der Waals surface area contributed by atoms with E-state index in [0.717, 1.165) is 0 Å². The molecule has 0 aromatic heterocycles. The fourth-order valence-electron chi connectivity index (χ4n) is 1.48. The number of halogens is 1. The summed E-state index contributed by atoms with van der Waals surface area (Å²) in [5.74, 6) is 1.49. The summed E-state index contributed by atoms with van der Waals surface area (Å²) in [6.45, 7) is -0.681. The predicted molar refractivity (Wildman–Crippen MR) is 59.0 cm³/mol. The normalized spacial score (nSPS) is 12.1. The van der Waals surface area contributed by atoms with Crippen LogP contribution >= 0.6 is 0 Å². The molecule has 0 fully saturated rings. The molecule has 0 amide bonds. The molecular formula is C11H16FNO3. The van der Waals surface area contributed by atoms with E-state index in [1.807, 2.05) is 0 Å². The minimum atomic E-state index is -0.768. The molecule has 0 saturated heterocycles. The lowest BCUT2D eigenvalue weighted by atomic mass is 10.1. The summed E-state index contributed by atoms with van der Waals surface area (Å²) in [4.78, 5) is 0. The molecule has 0 unspecified atom stereocenters. The van der Waals surface area contributed by atoms with Gasteiger partial charge in [-0.2, -0.15) is 0 Å². The largest absolute Gasteiger partial charge is 0.496 e. The van der Waals surface area contributed by atoms with Gasteiger partial charge in [0.2, 0.25) is 0 Å². The highest BCUT2D eigenvalue weighted by atomic mass is 19.1. The molecule has 0 aliphatic rings. The van der Waals surface area contributed by atoms with E-state index in [-0.39, 0.29) is 0 Å². The monoisotopic (exact) mass is 229 g/mol. The van der Waals surface area contributed by atoms with E-state index in [0.29, 0.717) is 22.8 Å². The van der Waals surface area contributed by atoms with Crippen LogP contribution in [0.15, 0.2) is 12.1 Å². The number of ether oxygens (including phenoxy) is 3. The summed E-state index contributed by atoms with van der Waals surface area (Å²) in [5, 5.41) is 0. The lowest BCUT2D eigenvalue weighted by Crippen LogP contribution is -2.15. The van der Waals surface area contributed by atoms with E-state index in [2.05, 4.69) is 0 Å². The van der Waals surface area contributed by atoms with Gasteiger partial charge in [0, 0.05) is 12.1 Å². The molecule has 16 heavy (non-hydrogen) atoms. The van der Waals surface area contributed by atoms with Gasteiger partial charge in [-0.3, -0.25) is 0 Å². The second-order valence-corrected chi connectivity index (χ2v) is 3.21. The summed E-state index contributed by atoms with van der Waals surface area (Å²) in [5.41, 5.74) is 6.17. The van der Waals surface area contributed by atoms with Crippen LogP contribution in [0.3, 0.4) is 0 Å². The smallest absolute Gasteiger partial charge is 0.131 e. The first-order valence-electron chi connectivity index (χ1n) is 4.79. The molecule has 0 saturated carbocycles. The van der Waals surface area contributed by atoms with Crippen LogP contribution in [0.5, 0.6) is 17.2 Å². The maximum atomic E-state index is 12.6. The van der Waals surface area contributed by atoms with Gasteiger partial charge < -0.3 is 19.9 Å². The molecule has 0 spiro atoms. The maximum absolute atomic E-state index is 12.6. The second-order valence-electron chi connectivity index (χ2n) is 3.21. The van der Waals surface area contributed by atoms with E-state index in [9.17, 15) is 4.39 Å². The lowest BCUT2D eigenvalue weighted by Gasteiger charge is -2.17. The topological polar surface area (TPSA) is 53.7 Å². The molecule has 1 atom stereocenters. The summed E-state index contributed by atoms with van der Waals surface area (Å²) in [6, 6.07) is 2.52. The van der Waals surface area contributed by atoms with E-state index < -0.39 is 12.7 Å². The van der Waals surface area contributed by atoms with Crippen molar-refractivity contribution in [3.8, 4) is 17.2 Å². The Balaban J connectivity index is 3.31. The first kappa shape index (κ1) is 12.6. The number of rotatable bonds is 5. The molecule has 0 aliphatic heterocycles. The Morgan fingerprint density at radius 1 is 1.12 bits per heavy atom. The molecule has 1 aromatic rings. The molecule has 0 bridgehead atoms. The predicted octanol–water partition coefficient (Wildman–Crippen LogP) is 1.68. The van der Waals surface area contributed by atoms with Crippen molar-refractivity contribution < 1.29 is 18.6 Å². The van der Waals surface area contributed by atoms with Crippen LogP contribution in [0.1, 0.15) is 11.6 Å². The van der Waals surface area contributed by atoms with E-state index in [4.69, 9.17) is 19.9 Å². The molecule has 1 rings (SSSR count). The quantitative estimate of drug-likeness (QED) is 0.834. The van der Waals surface area contributed by atoms with E-state index >= 15 is 0 Å². The summed E-state index contributed by atoms with van der Waals surface area (Å²) < 4.78 is 28.0. The third-order valence-corrected chi connectivity index (χ3v) is 2.29. The SMILES string of the molecule is COc1cc(OC)c([C@@H](N)CF)c(OC)c1. The van der Waals surface area contributed by atoms with Crippen molar-refractivity contribution in [3.63, 3.8) is 0 Å². The van der Waals surface area contributed by atoms with Crippen molar-refractivity contribution in [2.75, 3.05) is 28.0 Å². The Bertz CT molecular complexity index is 332. The zero-order chi connectivity index (χ0) is 12.1. The van der Waals surface area contributed by atoms with Crippen LogP contribution in [0.25, 0.3) is 0 Å². The van der Waals surface area contributed by atoms with Crippen molar-refractivity contribution in [3.05, 3.63) is 17.7 Å². The van der Waals surface area contributed by atoms with Crippen molar-refractivity contribution in [1.82, 2.24) is 0 Å². The Kier molecular flexibility index (Phi) is 4.37. The van der Waals surface area contributed by atoms with Crippen molar-refractivity contribution in [1.29, 1.82) is 0 Å². The second kappa shape index (κ2) is 5.55. The van der Waals surface area contributed by atoms with Crippen molar-refractivity contribution in [2.45, 2.75) is 6.04 Å². The first-order valence-corrected chi connectivity index (χ1v) is 4.79. The molecule has 0 heterocycles. The minimum absolute atomic E-state index is 0.460. The van der Waals surface area contributed by atoms with Gasteiger partial charge in [0.05, 0.1) is 32.9 Å². The molecular weight excluding hydrogens is 213 g/mol. The third kappa shape index (κ3) is 2.36. The highest BCUT2D eigenvalue weighted by Gasteiger charge is 2.19. The highest BCUT2D eigenvalue weighted by molar-refractivity contribution is 5.52. The first-order chi connectivity index (χ1) is 7.67. The summed E-state index contributed by atoms with van der Waals surface area (Å²) in [7, 11) is 4.51. The lowest BCUT2D eigenvalue weighted by molar-refractivity contribution is 0.352. The zero-order valence-electron chi connectivity index (χ0n) is 9.62. The van der Waals surface area contributed by atoms with Gasteiger partial charge >= 0.3 is 0 Å². The number of benzene rings is 1. The van der Waals surface area contributed by atoms with Gasteiger partial charge in [-0.05, 0) is 0 Å². The molecule has 1 aromatic carbocycles. The zero-order valence-corrected chi connectivity index (χ0v) is 9.62. The van der Waals surface area contributed by atoms with Crippen LogP contribution in [0.2, 0.25) is 0 Å². The molecule has 4 nitrogen and oxygen atoms in total. The Labute approximate surface area is 94.1 Å². The Morgan fingerprint density at radius 3 is 1.94 bits per heavy atom. The number of hydrogen-bond acceptors (Lipinski definition) is 4. The highest BCUT2D eigenvalue weighted by Crippen LogP contribution is 2.37. The van der Waals surface area contributed by atoms with Gasteiger partial charge in [0.15, 0.2) is 0 Å². The average Bonchev–Trinajstić information content (AvgIpc) is 2.35. The summed E-state index contributed by atoms with van der Waals surface area (Å²) in [6.07, 6.45) is 0. The van der Waals surface area contributed by atoms with Gasteiger partial charge in [-0.1, -0.05) is 0 Å². The fourth-order valence-corrected chi connectivity index (χ4v) is 1.48. The van der Waals surface area contributed by atoms with Crippen molar-refractivity contribution >= 4 is 0 Å². The number of hydrogen-bond donors (Lipinski definition) is 1. The molecule has 90 valence electrons. The number of methoxy groups -OCH3 is 3. The number of alkyl halides is 1. The van der Waals surface area contributed by atoms with E-state index in [1.165, 1.54) is 21.3 Å². The van der Waals surface area contributed by atoms with E-state index in [1.54, 1.807) is 12.1 Å². The van der Waals surface area contributed by atoms with Gasteiger partial charge in [-0.15, -0.1) is 0 Å². The van der Waals surface area contributed by atoms with Crippen LogP contribution in [-0.2, 0) is 0 Å². The fraction of sp³-hybridized carbons (Fsp3) is 0.455. The van der Waals surface area contributed by atoms with Crippen LogP contribution in [0.4, 0.5) is 4.39 Å². The molecule has 5 heteroatoms. The Morgan fingerprint density at radius 2 is 1.62 bits per heavy atom. The minimum Gasteiger partial charge on any atom is -0.496 e. The molecule has 0 radical (unpaired) electrons. The maximum Gasteiger partial charge on any atom is 0.131 e. The molecule has 2 N–H and O–H groups in total. The standard InChI is InChI=1S/C11H16FNO3/c1-14-7-4-9(15-2)11(8(13)6-12)10(5-7)16-3/h4-5,8H,6,13H2,1-3H3/t8-/m0/s1. The third-order valence-electron chi connectivity index (χ3n) is 2.29. The van der Waals surface area contributed by atoms with Gasteiger partial charge in [-0.25, -0.2) is 4.39 Å². The van der Waals surface area contributed by atoms with Crippen LogP contribution in [-0.4, -0.2) is 28.0 Å². The summed E-state index contributed by atoms with van der Waals surface area (Å²) >= 11 is 0. The molecule has 0 aliphatic carbocycles. The average molecular weight is 229 g/mol. The van der Waals surface area contributed by atoms with Crippen molar-refractivity contribution in [2.24, 2.45) is 5.73 Å². The number of nitrogens with two attached hydrogens (primary N) is 1. The van der Waals surface area contributed by atoms with Gasteiger partial charge in [0.25, 0.3) is 0 Å². The van der Waals surface area contributed by atoms with Crippen LogP contribution in [0, 0.1) is 0 Å².